The lowest BCUT2D eigenvalue weighted by atomic mass is 10.2. The largest absolute Gasteiger partial charge is 0.385 e. The van der Waals surface area contributed by atoms with Gasteiger partial charge in [-0.25, -0.2) is 0 Å². The second-order valence-electron chi connectivity index (χ2n) is 3.67. The van der Waals surface area contributed by atoms with Crippen molar-refractivity contribution in [3.8, 4) is 0 Å². The van der Waals surface area contributed by atoms with Gasteiger partial charge in [0.25, 0.3) is 0 Å². The number of hydrogen-bond acceptors (Lipinski definition) is 2. The van der Waals surface area contributed by atoms with E-state index in [2.05, 4.69) is 17.6 Å². The van der Waals surface area contributed by atoms with Crippen LogP contribution in [0.1, 0.15) is 35.1 Å². The summed E-state index contributed by atoms with van der Waals surface area (Å²) in [7, 11) is 1.70. The number of nitrogens with zero attached hydrogens (tertiary/aromatic N) is 1. The number of ether oxygens (including phenoxy) is 1. The highest BCUT2D eigenvalue weighted by molar-refractivity contribution is 5.75. The summed E-state index contributed by atoms with van der Waals surface area (Å²) in [5.74, 6) is 0. The van der Waals surface area contributed by atoms with Crippen LogP contribution in [0.4, 0.5) is 0 Å². The molecule has 1 heterocycles. The molecule has 3 heteroatoms. The van der Waals surface area contributed by atoms with Gasteiger partial charge in [0.1, 0.15) is 0 Å². The van der Waals surface area contributed by atoms with E-state index >= 15 is 0 Å². The predicted molar refractivity (Wildman–Crippen MR) is 60.4 cm³/mol. The number of carbonyl (C=O) groups excluding carboxylic acids is 1. The van der Waals surface area contributed by atoms with E-state index in [1.807, 2.05) is 6.92 Å². The fraction of sp³-hybridized carbons (Fsp3) is 0.583. The van der Waals surface area contributed by atoms with Gasteiger partial charge in [-0.1, -0.05) is 6.92 Å². The maximum Gasteiger partial charge on any atom is 0.166 e. The van der Waals surface area contributed by atoms with Crippen LogP contribution in [0.2, 0.25) is 0 Å². The molecule has 0 saturated heterocycles. The Morgan fingerprint density at radius 2 is 2.27 bits per heavy atom. The molecule has 0 atom stereocenters. The van der Waals surface area contributed by atoms with Gasteiger partial charge in [0, 0.05) is 26.0 Å². The number of carbonyl (C=O) groups is 1. The van der Waals surface area contributed by atoms with Crippen molar-refractivity contribution in [3.63, 3.8) is 0 Å². The molecule has 1 aromatic heterocycles. The highest BCUT2D eigenvalue weighted by Crippen LogP contribution is 2.15. The first-order chi connectivity index (χ1) is 7.24. The molecule has 1 rings (SSSR count). The molecule has 0 aliphatic heterocycles. The Morgan fingerprint density at radius 3 is 2.80 bits per heavy atom. The van der Waals surface area contributed by atoms with Crippen molar-refractivity contribution in [3.05, 3.63) is 23.0 Å². The summed E-state index contributed by atoms with van der Waals surface area (Å²) in [4.78, 5) is 11.0. The second kappa shape index (κ2) is 5.71. The zero-order valence-electron chi connectivity index (χ0n) is 9.75. The van der Waals surface area contributed by atoms with Gasteiger partial charge in [-0.05, 0) is 31.4 Å². The van der Waals surface area contributed by atoms with Gasteiger partial charge in [-0.15, -0.1) is 0 Å². The van der Waals surface area contributed by atoms with E-state index in [9.17, 15) is 4.79 Å². The zero-order chi connectivity index (χ0) is 11.3. The number of methoxy groups -OCH3 is 1. The maximum absolute atomic E-state index is 11.0. The van der Waals surface area contributed by atoms with Crippen LogP contribution in [0.15, 0.2) is 6.07 Å². The fourth-order valence-corrected chi connectivity index (χ4v) is 1.85. The van der Waals surface area contributed by atoms with Crippen LogP contribution in [-0.4, -0.2) is 24.6 Å². The first kappa shape index (κ1) is 12.0. The normalized spacial score (nSPS) is 10.6. The molecule has 0 radical (unpaired) electrons. The molecule has 0 amide bonds. The third kappa shape index (κ3) is 2.69. The Hall–Kier alpha value is -1.09. The Labute approximate surface area is 91.0 Å². The molecule has 0 aliphatic carbocycles. The smallest absolute Gasteiger partial charge is 0.166 e. The van der Waals surface area contributed by atoms with Gasteiger partial charge in [0.15, 0.2) is 6.29 Å². The quantitative estimate of drug-likeness (QED) is 0.531. The lowest BCUT2D eigenvalue weighted by Crippen LogP contribution is -2.07. The van der Waals surface area contributed by atoms with Gasteiger partial charge in [-0.3, -0.25) is 4.79 Å². The average Bonchev–Trinajstić information content (AvgIpc) is 2.55. The van der Waals surface area contributed by atoms with Crippen LogP contribution in [0, 0.1) is 6.92 Å². The summed E-state index contributed by atoms with van der Waals surface area (Å²) in [6.07, 6.45) is 2.81. The summed E-state index contributed by atoms with van der Waals surface area (Å²) in [5, 5.41) is 0. The molecule has 0 bridgehead atoms. The minimum atomic E-state index is 0.734. The Kier molecular flexibility index (Phi) is 4.56. The fourth-order valence-electron chi connectivity index (χ4n) is 1.85. The van der Waals surface area contributed by atoms with Crippen LogP contribution in [0.25, 0.3) is 0 Å². The Balaban J connectivity index is 2.84. The summed E-state index contributed by atoms with van der Waals surface area (Å²) in [5.41, 5.74) is 3.12. The minimum absolute atomic E-state index is 0.734. The third-order valence-corrected chi connectivity index (χ3v) is 2.65. The monoisotopic (exact) mass is 209 g/mol. The SMILES string of the molecule is CCc1cc(C)n(CCCOC)c1C=O. The molecule has 0 fully saturated rings. The van der Waals surface area contributed by atoms with Crippen molar-refractivity contribution in [1.29, 1.82) is 0 Å². The molecule has 0 saturated carbocycles. The highest BCUT2D eigenvalue weighted by Gasteiger charge is 2.09. The molecular formula is C12H19NO2. The highest BCUT2D eigenvalue weighted by atomic mass is 16.5. The molecule has 1 aromatic rings. The molecule has 0 unspecified atom stereocenters. The molecule has 0 spiro atoms. The molecule has 84 valence electrons. The van der Waals surface area contributed by atoms with E-state index in [0.29, 0.717) is 0 Å². The molecule has 3 nitrogen and oxygen atoms in total. The van der Waals surface area contributed by atoms with Gasteiger partial charge in [0.05, 0.1) is 5.69 Å². The van der Waals surface area contributed by atoms with E-state index in [1.165, 1.54) is 0 Å². The van der Waals surface area contributed by atoms with E-state index in [0.717, 1.165) is 49.2 Å². The molecule has 0 aliphatic rings. The van der Waals surface area contributed by atoms with Crippen molar-refractivity contribution in [1.82, 2.24) is 4.57 Å². The van der Waals surface area contributed by atoms with E-state index in [-0.39, 0.29) is 0 Å². The predicted octanol–water partition coefficient (Wildman–Crippen LogP) is 2.21. The van der Waals surface area contributed by atoms with Crippen LogP contribution < -0.4 is 0 Å². The summed E-state index contributed by atoms with van der Waals surface area (Å²) >= 11 is 0. The standard InChI is InChI=1S/C12H19NO2/c1-4-11-8-10(2)13(12(11)9-14)6-5-7-15-3/h8-9H,4-7H2,1-3H3. The van der Waals surface area contributed by atoms with Crippen LogP contribution in [-0.2, 0) is 17.7 Å². The maximum atomic E-state index is 11.0. The number of aryl methyl sites for hydroxylation is 2. The van der Waals surface area contributed by atoms with Gasteiger partial charge >= 0.3 is 0 Å². The van der Waals surface area contributed by atoms with E-state index < -0.39 is 0 Å². The summed E-state index contributed by atoms with van der Waals surface area (Å²) in [6.45, 7) is 5.70. The van der Waals surface area contributed by atoms with Crippen LogP contribution >= 0.6 is 0 Å². The summed E-state index contributed by atoms with van der Waals surface area (Å²) in [6, 6.07) is 2.09. The molecule has 0 aromatic carbocycles. The van der Waals surface area contributed by atoms with Crippen LogP contribution in [0.5, 0.6) is 0 Å². The van der Waals surface area contributed by atoms with E-state index in [1.54, 1.807) is 7.11 Å². The molecular weight excluding hydrogens is 190 g/mol. The first-order valence-corrected chi connectivity index (χ1v) is 5.37. The Morgan fingerprint density at radius 1 is 1.53 bits per heavy atom. The minimum Gasteiger partial charge on any atom is -0.385 e. The van der Waals surface area contributed by atoms with Crippen molar-refractivity contribution in [2.45, 2.75) is 33.2 Å². The summed E-state index contributed by atoms with van der Waals surface area (Å²) < 4.78 is 7.08. The van der Waals surface area contributed by atoms with Gasteiger partial charge in [-0.2, -0.15) is 0 Å². The van der Waals surface area contributed by atoms with Crippen LogP contribution in [0.3, 0.4) is 0 Å². The van der Waals surface area contributed by atoms with Crippen molar-refractivity contribution < 1.29 is 9.53 Å². The average molecular weight is 209 g/mol. The van der Waals surface area contributed by atoms with E-state index in [4.69, 9.17) is 4.74 Å². The number of aromatic nitrogens is 1. The lowest BCUT2D eigenvalue weighted by Gasteiger charge is -2.08. The van der Waals surface area contributed by atoms with Gasteiger partial charge in [0.2, 0.25) is 0 Å². The van der Waals surface area contributed by atoms with Crippen molar-refractivity contribution in [2.24, 2.45) is 0 Å². The topological polar surface area (TPSA) is 31.2 Å². The molecule has 15 heavy (non-hydrogen) atoms. The van der Waals surface area contributed by atoms with Crippen molar-refractivity contribution in [2.75, 3.05) is 13.7 Å². The third-order valence-electron chi connectivity index (χ3n) is 2.65. The first-order valence-electron chi connectivity index (χ1n) is 5.37. The Bertz CT molecular complexity index is 329. The lowest BCUT2D eigenvalue weighted by molar-refractivity contribution is 0.111. The molecule has 0 N–H and O–H groups in total. The number of hydrogen-bond donors (Lipinski definition) is 0. The second-order valence-corrected chi connectivity index (χ2v) is 3.67. The van der Waals surface area contributed by atoms with Gasteiger partial charge < -0.3 is 9.30 Å². The number of aldehydes is 1. The number of rotatable bonds is 6. The zero-order valence-corrected chi connectivity index (χ0v) is 9.75. The van der Waals surface area contributed by atoms with Crippen molar-refractivity contribution >= 4 is 6.29 Å².